The van der Waals surface area contributed by atoms with Gasteiger partial charge in [-0.1, -0.05) is 0 Å². The van der Waals surface area contributed by atoms with Gasteiger partial charge in [-0.05, 0) is 0 Å². The normalized spacial score (nSPS) is 12.3. The predicted octanol–water partition coefficient (Wildman–Crippen LogP) is 0.842. The predicted molar refractivity (Wildman–Crippen MR) is 41.2 cm³/mol. The first-order valence-corrected chi connectivity index (χ1v) is 6.81. The molecule has 0 bridgehead atoms. The standard InChI is InChI=1S/C3H7.CHF3O3S.Bi.2H/c1-3-2;2-1(3,4)8(5,6)7;;;/h3H,1-2H3;(H,5,6,7);;;. The summed E-state index contributed by atoms with van der Waals surface area (Å²) >= 11 is 1.19. The summed E-state index contributed by atoms with van der Waals surface area (Å²) in [6, 6.07) is 0. The maximum atomic E-state index is 10.7. The van der Waals surface area contributed by atoms with Gasteiger partial charge in [0.25, 0.3) is 0 Å². The monoisotopic (exact) mass is 404 g/mol. The van der Waals surface area contributed by atoms with Crippen molar-refractivity contribution in [2.75, 3.05) is 0 Å². The van der Waals surface area contributed by atoms with Crippen LogP contribution in [-0.2, 0) is 10.1 Å². The third-order valence-corrected chi connectivity index (χ3v) is 0.877. The zero-order valence-electron chi connectivity index (χ0n) is 6.46. The number of rotatable bonds is 0. The van der Waals surface area contributed by atoms with Gasteiger partial charge >= 0.3 is 57.8 Å². The van der Waals surface area contributed by atoms with E-state index in [1.165, 1.54) is 24.7 Å². The zero-order valence-corrected chi connectivity index (χ0v) is 11.8. The van der Waals surface area contributed by atoms with Crippen molar-refractivity contribution in [1.82, 2.24) is 0 Å². The minimum absolute atomic E-state index is 1.000. The van der Waals surface area contributed by atoms with E-state index in [0.717, 1.165) is 3.63 Å². The molecule has 0 unspecified atom stereocenters. The molecular formula is C4H10BiF3O3S. The Morgan fingerprint density at radius 2 is 1.42 bits per heavy atom. The Bertz CT molecular complexity index is 205. The van der Waals surface area contributed by atoms with E-state index in [-0.39, 0.29) is 0 Å². The quantitative estimate of drug-likeness (QED) is 0.370. The summed E-state index contributed by atoms with van der Waals surface area (Å²) in [5, 5.41) is 0. The van der Waals surface area contributed by atoms with E-state index in [0.29, 0.717) is 0 Å². The maximum Gasteiger partial charge on any atom is 0.522 e. The Hall–Kier alpha value is 0.583. The Kier molecular flexibility index (Phi) is 6.71. The van der Waals surface area contributed by atoms with Crippen molar-refractivity contribution in [3.8, 4) is 0 Å². The van der Waals surface area contributed by atoms with E-state index in [1.807, 2.05) is 0 Å². The summed E-state index contributed by atoms with van der Waals surface area (Å²) < 4.78 is 58.5. The third kappa shape index (κ3) is 10.6. The van der Waals surface area contributed by atoms with E-state index in [9.17, 15) is 13.2 Å². The summed E-state index contributed by atoms with van der Waals surface area (Å²) in [7, 11) is -5.84. The summed E-state index contributed by atoms with van der Waals surface area (Å²) in [5.41, 5.74) is -5.53. The first-order valence-electron chi connectivity index (χ1n) is 2.78. The average Bonchev–Trinajstić information content (AvgIpc) is 1.55. The van der Waals surface area contributed by atoms with Crippen LogP contribution in [0.4, 0.5) is 13.2 Å². The van der Waals surface area contributed by atoms with E-state index >= 15 is 0 Å². The molecule has 1 N–H and O–H groups in total. The minimum Gasteiger partial charge on any atom is -0.279 e. The third-order valence-electron chi connectivity index (χ3n) is 0.292. The summed E-state index contributed by atoms with van der Waals surface area (Å²) in [5.74, 6) is 0. The number of alkyl halides is 3. The van der Waals surface area contributed by atoms with Gasteiger partial charge in [-0.2, -0.15) is 21.6 Å². The molecule has 76 valence electrons. The molecule has 0 aliphatic rings. The number of hydrogen-bond acceptors (Lipinski definition) is 2. The van der Waals surface area contributed by atoms with Crippen LogP contribution in [-0.4, -0.2) is 43.2 Å². The molecule has 0 radical (unpaired) electrons. The van der Waals surface area contributed by atoms with Crippen LogP contribution >= 0.6 is 0 Å². The first kappa shape index (κ1) is 15.1. The summed E-state index contributed by atoms with van der Waals surface area (Å²) in [6.07, 6.45) is 0. The number of halogens is 3. The molecule has 0 aromatic rings. The van der Waals surface area contributed by atoms with E-state index in [4.69, 9.17) is 13.0 Å². The van der Waals surface area contributed by atoms with Crippen molar-refractivity contribution in [2.45, 2.75) is 23.0 Å². The van der Waals surface area contributed by atoms with Crippen LogP contribution in [0.1, 0.15) is 13.8 Å². The SMILES string of the molecule is C[CH](C)[BiH2].O=S(=O)(O)C(F)(F)F. The average molecular weight is 404 g/mol. The van der Waals surface area contributed by atoms with Crippen molar-refractivity contribution in [1.29, 1.82) is 0 Å². The van der Waals surface area contributed by atoms with Crippen LogP contribution in [0.5, 0.6) is 0 Å². The maximum absolute atomic E-state index is 10.7. The van der Waals surface area contributed by atoms with E-state index in [1.54, 1.807) is 0 Å². The molecule has 0 aliphatic carbocycles. The van der Waals surface area contributed by atoms with Crippen molar-refractivity contribution in [3.63, 3.8) is 0 Å². The van der Waals surface area contributed by atoms with Crippen LogP contribution in [0, 0.1) is 0 Å². The largest absolute Gasteiger partial charge is 0.522 e. The van der Waals surface area contributed by atoms with Gasteiger partial charge in [0, 0.05) is 0 Å². The molecular weight excluding hydrogens is 394 g/mol. The smallest absolute Gasteiger partial charge is 0.279 e. The topological polar surface area (TPSA) is 54.4 Å². The molecule has 0 saturated heterocycles. The van der Waals surface area contributed by atoms with Crippen LogP contribution in [0.25, 0.3) is 0 Å². The fraction of sp³-hybridized carbons (Fsp3) is 1.00. The van der Waals surface area contributed by atoms with Gasteiger partial charge in [0.15, 0.2) is 0 Å². The first-order chi connectivity index (χ1) is 4.98. The Balaban J connectivity index is 0. The Labute approximate surface area is 83.9 Å². The van der Waals surface area contributed by atoms with Gasteiger partial charge in [0.2, 0.25) is 0 Å². The molecule has 0 aliphatic heterocycles. The van der Waals surface area contributed by atoms with Crippen LogP contribution < -0.4 is 0 Å². The van der Waals surface area contributed by atoms with E-state index < -0.39 is 15.6 Å². The second-order valence-electron chi connectivity index (χ2n) is 2.16. The number of hydrogen-bond donors (Lipinski definition) is 1. The Morgan fingerprint density at radius 1 is 1.33 bits per heavy atom. The molecule has 0 spiro atoms. The van der Waals surface area contributed by atoms with Gasteiger partial charge in [0.1, 0.15) is 0 Å². The van der Waals surface area contributed by atoms with Crippen LogP contribution in [0.3, 0.4) is 0 Å². The van der Waals surface area contributed by atoms with Gasteiger partial charge in [-0.3, -0.25) is 4.55 Å². The molecule has 0 saturated carbocycles. The van der Waals surface area contributed by atoms with Crippen molar-refractivity contribution in [2.24, 2.45) is 0 Å². The summed E-state index contributed by atoms with van der Waals surface area (Å²) in [6.45, 7) is 4.48. The molecule has 0 aromatic carbocycles. The van der Waals surface area contributed by atoms with Gasteiger partial charge in [-0.15, -0.1) is 0 Å². The van der Waals surface area contributed by atoms with Gasteiger partial charge in [-0.25, -0.2) is 0 Å². The fourth-order valence-corrected chi connectivity index (χ4v) is 0. The van der Waals surface area contributed by atoms with Gasteiger partial charge in [0.05, 0.1) is 0 Å². The second kappa shape index (κ2) is 5.34. The molecule has 3 nitrogen and oxygen atoms in total. The van der Waals surface area contributed by atoms with E-state index in [2.05, 4.69) is 13.8 Å². The Morgan fingerprint density at radius 3 is 1.42 bits per heavy atom. The van der Waals surface area contributed by atoms with Crippen molar-refractivity contribution < 1.29 is 26.1 Å². The molecule has 0 heterocycles. The minimum atomic E-state index is -5.84. The molecule has 0 atom stereocenters. The second-order valence-corrected chi connectivity index (χ2v) is 8.76. The van der Waals surface area contributed by atoms with Gasteiger partial charge < -0.3 is 0 Å². The van der Waals surface area contributed by atoms with Crippen molar-refractivity contribution >= 4 is 34.8 Å². The molecule has 0 aromatic heterocycles. The molecule has 0 amide bonds. The summed E-state index contributed by atoms with van der Waals surface area (Å²) in [4.78, 5) is 0. The molecule has 0 rings (SSSR count). The zero-order chi connectivity index (χ0) is 10.6. The molecule has 12 heavy (non-hydrogen) atoms. The van der Waals surface area contributed by atoms with Crippen LogP contribution in [0.15, 0.2) is 0 Å². The van der Waals surface area contributed by atoms with Crippen LogP contribution in [0.2, 0.25) is 3.63 Å². The van der Waals surface area contributed by atoms with Crippen molar-refractivity contribution in [3.05, 3.63) is 0 Å². The molecule has 0 fully saturated rings. The molecule has 8 heteroatoms. The fourth-order valence-electron chi connectivity index (χ4n) is 0.